The van der Waals surface area contributed by atoms with Gasteiger partial charge in [-0.1, -0.05) is 6.92 Å². The predicted octanol–water partition coefficient (Wildman–Crippen LogP) is 1.80. The van der Waals surface area contributed by atoms with Gasteiger partial charge in [0.15, 0.2) is 0 Å². The van der Waals surface area contributed by atoms with Gasteiger partial charge in [-0.15, -0.1) is 0 Å². The molecular formula is C19H27N5O2. The highest BCUT2D eigenvalue weighted by atomic mass is 16.5. The molecule has 0 bridgehead atoms. The third kappa shape index (κ3) is 4.40. The zero-order chi connectivity index (χ0) is 18.5. The molecule has 3 rings (SSSR count). The summed E-state index contributed by atoms with van der Waals surface area (Å²) in [5, 5.41) is 7.53. The normalized spacial score (nSPS) is 15.7. The molecule has 1 amide bonds. The fourth-order valence-electron chi connectivity index (χ4n) is 3.18. The molecule has 0 spiro atoms. The van der Waals surface area contributed by atoms with E-state index in [9.17, 15) is 4.79 Å². The molecule has 1 aliphatic heterocycles. The minimum Gasteiger partial charge on any atom is -0.378 e. The molecule has 1 N–H and O–H groups in total. The number of nitrogens with zero attached hydrogens (tertiary/aromatic N) is 4. The molecule has 0 radical (unpaired) electrons. The van der Waals surface area contributed by atoms with Crippen molar-refractivity contribution in [1.82, 2.24) is 20.1 Å². The Hall–Kier alpha value is -2.41. The number of carbonyl (C=O) groups excluding carboxylic acids is 1. The third-order valence-corrected chi connectivity index (χ3v) is 4.54. The first-order chi connectivity index (χ1) is 12.5. The fraction of sp³-hybridized carbons (Fsp3) is 0.526. The van der Waals surface area contributed by atoms with Crippen molar-refractivity contribution in [1.29, 1.82) is 0 Å². The molecular weight excluding hydrogens is 330 g/mol. The van der Waals surface area contributed by atoms with Gasteiger partial charge in [0.05, 0.1) is 24.5 Å². The quantitative estimate of drug-likeness (QED) is 0.853. The SMILES string of the molecule is Cc1cc(C)n(C[C@H](C)CNC(=O)c2cccnc2N2CCOCC2)n1. The lowest BCUT2D eigenvalue weighted by atomic mass is 10.1. The maximum absolute atomic E-state index is 12.7. The van der Waals surface area contributed by atoms with Crippen molar-refractivity contribution in [2.24, 2.45) is 5.92 Å². The summed E-state index contributed by atoms with van der Waals surface area (Å²) < 4.78 is 7.39. The molecule has 3 heterocycles. The zero-order valence-corrected chi connectivity index (χ0v) is 15.7. The van der Waals surface area contributed by atoms with Gasteiger partial charge in [-0.2, -0.15) is 5.10 Å². The Morgan fingerprint density at radius 3 is 2.81 bits per heavy atom. The maximum atomic E-state index is 12.7. The van der Waals surface area contributed by atoms with Crippen LogP contribution in [0.2, 0.25) is 0 Å². The van der Waals surface area contributed by atoms with Gasteiger partial charge in [-0.05, 0) is 38.0 Å². The van der Waals surface area contributed by atoms with Gasteiger partial charge in [0, 0.05) is 38.1 Å². The second-order valence-electron chi connectivity index (χ2n) is 6.90. The van der Waals surface area contributed by atoms with Crippen LogP contribution in [0.15, 0.2) is 24.4 Å². The molecule has 0 saturated carbocycles. The molecule has 1 atom stereocenters. The summed E-state index contributed by atoms with van der Waals surface area (Å²) in [6, 6.07) is 5.70. The van der Waals surface area contributed by atoms with E-state index in [4.69, 9.17) is 4.74 Å². The van der Waals surface area contributed by atoms with E-state index in [1.54, 1.807) is 12.3 Å². The van der Waals surface area contributed by atoms with E-state index < -0.39 is 0 Å². The smallest absolute Gasteiger partial charge is 0.255 e. The molecule has 7 heteroatoms. The largest absolute Gasteiger partial charge is 0.378 e. The van der Waals surface area contributed by atoms with Gasteiger partial charge in [-0.3, -0.25) is 9.48 Å². The molecule has 26 heavy (non-hydrogen) atoms. The number of hydrogen-bond donors (Lipinski definition) is 1. The Morgan fingerprint density at radius 1 is 1.35 bits per heavy atom. The van der Waals surface area contributed by atoms with Crippen LogP contribution in [0.5, 0.6) is 0 Å². The summed E-state index contributed by atoms with van der Waals surface area (Å²) in [4.78, 5) is 19.2. The average Bonchev–Trinajstić information content (AvgIpc) is 2.97. The van der Waals surface area contributed by atoms with Crippen molar-refractivity contribution >= 4 is 11.7 Å². The average molecular weight is 357 g/mol. The summed E-state index contributed by atoms with van der Waals surface area (Å²) in [6.45, 7) is 10.4. The van der Waals surface area contributed by atoms with E-state index in [2.05, 4.69) is 40.2 Å². The van der Waals surface area contributed by atoms with Crippen LogP contribution in [0.3, 0.4) is 0 Å². The van der Waals surface area contributed by atoms with E-state index in [-0.39, 0.29) is 11.8 Å². The number of pyridine rings is 1. The lowest BCUT2D eigenvalue weighted by molar-refractivity contribution is 0.0944. The van der Waals surface area contributed by atoms with Gasteiger partial charge in [0.1, 0.15) is 5.82 Å². The predicted molar refractivity (Wildman–Crippen MR) is 100 cm³/mol. The molecule has 0 aromatic carbocycles. The number of anilines is 1. The maximum Gasteiger partial charge on any atom is 0.255 e. The van der Waals surface area contributed by atoms with Crippen molar-refractivity contribution in [2.75, 3.05) is 37.7 Å². The van der Waals surface area contributed by atoms with Gasteiger partial charge in [0.2, 0.25) is 0 Å². The molecule has 0 unspecified atom stereocenters. The molecule has 2 aromatic rings. The number of rotatable bonds is 6. The highest BCUT2D eigenvalue weighted by Gasteiger charge is 2.20. The van der Waals surface area contributed by atoms with Crippen LogP contribution in [-0.4, -0.2) is 53.5 Å². The van der Waals surface area contributed by atoms with Crippen LogP contribution < -0.4 is 10.2 Å². The molecule has 2 aromatic heterocycles. The Kier molecular flexibility index (Phi) is 5.88. The van der Waals surface area contributed by atoms with Crippen molar-refractivity contribution in [2.45, 2.75) is 27.3 Å². The molecule has 1 saturated heterocycles. The number of amides is 1. The minimum atomic E-state index is -0.0835. The van der Waals surface area contributed by atoms with E-state index >= 15 is 0 Å². The minimum absolute atomic E-state index is 0.0835. The van der Waals surface area contributed by atoms with Crippen LogP contribution in [-0.2, 0) is 11.3 Å². The van der Waals surface area contributed by atoms with Crippen molar-refractivity contribution in [3.05, 3.63) is 41.3 Å². The molecule has 1 fully saturated rings. The van der Waals surface area contributed by atoms with E-state index in [1.165, 1.54) is 0 Å². The zero-order valence-electron chi connectivity index (χ0n) is 15.7. The van der Waals surface area contributed by atoms with Crippen LogP contribution in [0.4, 0.5) is 5.82 Å². The number of carbonyl (C=O) groups is 1. The Morgan fingerprint density at radius 2 is 2.12 bits per heavy atom. The van der Waals surface area contributed by atoms with Crippen LogP contribution in [0.25, 0.3) is 0 Å². The van der Waals surface area contributed by atoms with Gasteiger partial charge in [-0.25, -0.2) is 4.98 Å². The highest BCUT2D eigenvalue weighted by molar-refractivity contribution is 5.98. The number of nitrogens with one attached hydrogen (secondary N) is 1. The van der Waals surface area contributed by atoms with E-state index in [1.807, 2.05) is 17.7 Å². The molecule has 140 valence electrons. The number of morpholine rings is 1. The van der Waals surface area contributed by atoms with Crippen LogP contribution >= 0.6 is 0 Å². The van der Waals surface area contributed by atoms with E-state index in [0.717, 1.165) is 36.8 Å². The Labute approximate surface area is 154 Å². The monoisotopic (exact) mass is 357 g/mol. The summed E-state index contributed by atoms with van der Waals surface area (Å²) in [6.07, 6.45) is 1.73. The lowest BCUT2D eigenvalue weighted by Gasteiger charge is -2.29. The first-order valence-electron chi connectivity index (χ1n) is 9.11. The van der Waals surface area contributed by atoms with Crippen molar-refractivity contribution < 1.29 is 9.53 Å². The molecule has 0 aliphatic carbocycles. The number of aryl methyl sites for hydroxylation is 2. The Balaban J connectivity index is 1.60. The lowest BCUT2D eigenvalue weighted by Crippen LogP contribution is -2.39. The highest BCUT2D eigenvalue weighted by Crippen LogP contribution is 2.18. The van der Waals surface area contributed by atoms with Gasteiger partial charge >= 0.3 is 0 Å². The molecule has 1 aliphatic rings. The number of hydrogen-bond acceptors (Lipinski definition) is 5. The van der Waals surface area contributed by atoms with E-state index in [0.29, 0.717) is 25.3 Å². The van der Waals surface area contributed by atoms with Crippen molar-refractivity contribution in [3.8, 4) is 0 Å². The Bertz CT molecular complexity index is 752. The van der Waals surface area contributed by atoms with Crippen molar-refractivity contribution in [3.63, 3.8) is 0 Å². The number of ether oxygens (including phenoxy) is 1. The van der Waals surface area contributed by atoms with Crippen LogP contribution in [0, 0.1) is 19.8 Å². The summed E-state index contributed by atoms with van der Waals surface area (Å²) in [7, 11) is 0. The topological polar surface area (TPSA) is 72.3 Å². The first-order valence-corrected chi connectivity index (χ1v) is 9.11. The first kappa shape index (κ1) is 18.4. The third-order valence-electron chi connectivity index (χ3n) is 4.54. The second-order valence-corrected chi connectivity index (χ2v) is 6.90. The summed E-state index contributed by atoms with van der Waals surface area (Å²) in [5.41, 5.74) is 2.78. The standard InChI is InChI=1S/C19H27N5O2/c1-14(13-24-16(3)11-15(2)22-24)12-21-19(25)17-5-4-6-20-18(17)23-7-9-26-10-8-23/h4-6,11,14H,7-10,12-13H2,1-3H3,(H,21,25)/t14-/m1/s1. The number of aromatic nitrogens is 3. The summed E-state index contributed by atoms with van der Waals surface area (Å²) >= 11 is 0. The van der Waals surface area contributed by atoms with Crippen LogP contribution in [0.1, 0.15) is 28.7 Å². The fourth-order valence-corrected chi connectivity index (χ4v) is 3.18. The summed E-state index contributed by atoms with van der Waals surface area (Å²) in [5.74, 6) is 0.930. The molecule has 7 nitrogen and oxygen atoms in total. The van der Waals surface area contributed by atoms with Gasteiger partial charge < -0.3 is 15.0 Å². The van der Waals surface area contributed by atoms with Gasteiger partial charge in [0.25, 0.3) is 5.91 Å². The second kappa shape index (κ2) is 8.31.